The Morgan fingerprint density at radius 3 is 2.64 bits per heavy atom. The molecule has 0 aliphatic rings. The molecule has 5 aromatic rings. The largest absolute Gasteiger partial charge is 0.495 e. The average molecular weight is 487 g/mol. The number of rotatable bonds is 9. The number of fused-ring (bicyclic) bond motifs is 3. The molecule has 0 fully saturated rings. The monoisotopic (exact) mass is 486 g/mol. The molecule has 184 valence electrons. The molecule has 0 aliphatic carbocycles. The van der Waals surface area contributed by atoms with E-state index in [2.05, 4.69) is 22.4 Å². The van der Waals surface area contributed by atoms with Gasteiger partial charge >= 0.3 is 5.69 Å². The van der Waals surface area contributed by atoms with Gasteiger partial charge < -0.3 is 14.8 Å². The van der Waals surface area contributed by atoms with Gasteiger partial charge in [0.15, 0.2) is 5.65 Å². The highest BCUT2D eigenvalue weighted by atomic mass is 16.5. The summed E-state index contributed by atoms with van der Waals surface area (Å²) in [5.41, 5.74) is 2.81. The van der Waals surface area contributed by atoms with E-state index in [0.29, 0.717) is 29.2 Å². The van der Waals surface area contributed by atoms with Gasteiger partial charge in [-0.25, -0.2) is 18.4 Å². The van der Waals surface area contributed by atoms with Gasteiger partial charge in [0.1, 0.15) is 23.6 Å². The molecule has 0 saturated heterocycles. The molecule has 0 saturated carbocycles. The predicted octanol–water partition coefficient (Wildman–Crippen LogP) is 3.64. The zero-order valence-electron chi connectivity index (χ0n) is 20.0. The minimum absolute atomic E-state index is 0.245. The van der Waals surface area contributed by atoms with Crippen molar-refractivity contribution in [2.24, 2.45) is 0 Å². The molecule has 3 heterocycles. The Balaban J connectivity index is 1.40. The van der Waals surface area contributed by atoms with Gasteiger partial charge in [-0.05, 0) is 48.9 Å². The number of methoxy groups -OCH3 is 1. The molecular weight excluding hydrogens is 460 g/mol. The van der Waals surface area contributed by atoms with Gasteiger partial charge in [0.25, 0.3) is 0 Å². The summed E-state index contributed by atoms with van der Waals surface area (Å²) in [6.45, 7) is 2.57. The third kappa shape index (κ3) is 4.52. The van der Waals surface area contributed by atoms with Crippen molar-refractivity contribution in [1.29, 1.82) is 0 Å². The number of hydrogen-bond donors (Lipinski definition) is 1. The Morgan fingerprint density at radius 2 is 1.86 bits per heavy atom. The summed E-state index contributed by atoms with van der Waals surface area (Å²) in [7, 11) is 1.53. The number of amides is 1. The van der Waals surface area contributed by atoms with E-state index in [-0.39, 0.29) is 6.54 Å². The van der Waals surface area contributed by atoms with Crippen LogP contribution in [0.4, 0.5) is 5.69 Å². The second-order valence-electron chi connectivity index (χ2n) is 8.27. The molecule has 0 unspecified atom stereocenters. The smallest absolute Gasteiger partial charge is 0.350 e. The van der Waals surface area contributed by atoms with Crippen LogP contribution in [0, 0.1) is 0 Å². The van der Waals surface area contributed by atoms with Crippen molar-refractivity contribution in [1.82, 2.24) is 23.8 Å². The zero-order chi connectivity index (χ0) is 25.1. The Bertz CT molecular complexity index is 1580. The quantitative estimate of drug-likeness (QED) is 0.319. The Labute approximate surface area is 206 Å². The van der Waals surface area contributed by atoms with Crippen molar-refractivity contribution >= 4 is 22.8 Å². The van der Waals surface area contributed by atoms with Crippen LogP contribution in [-0.4, -0.2) is 43.4 Å². The van der Waals surface area contributed by atoms with Gasteiger partial charge in [0, 0.05) is 18.0 Å². The standard InChI is InChI=1S/C26H26N6O4/c1-3-4-15-36-19-11-9-18(10-12-19)21-16-22-25-29-32(26(34)30(25)13-14-31(22)28-21)17-24(33)27-20-7-5-6-8-23(20)35-2/h5-14,16H,3-4,15,17H2,1-2H3,(H,27,33). The normalized spacial score (nSPS) is 11.2. The highest BCUT2D eigenvalue weighted by molar-refractivity contribution is 5.92. The minimum atomic E-state index is -0.418. The molecule has 10 heteroatoms. The first-order valence-electron chi connectivity index (χ1n) is 11.7. The van der Waals surface area contributed by atoms with Gasteiger partial charge in [0.05, 0.1) is 25.1 Å². The number of unbranched alkanes of at least 4 members (excludes halogenated alkanes) is 1. The van der Waals surface area contributed by atoms with Crippen LogP contribution >= 0.6 is 0 Å². The number of benzene rings is 2. The van der Waals surface area contributed by atoms with Crippen LogP contribution in [0.5, 0.6) is 11.5 Å². The van der Waals surface area contributed by atoms with Crippen molar-refractivity contribution in [3.8, 4) is 22.8 Å². The fraction of sp³-hybridized carbons (Fsp3) is 0.231. The second kappa shape index (κ2) is 9.95. The Morgan fingerprint density at radius 1 is 1.06 bits per heavy atom. The molecule has 10 nitrogen and oxygen atoms in total. The number of nitrogens with one attached hydrogen (secondary N) is 1. The minimum Gasteiger partial charge on any atom is -0.495 e. The lowest BCUT2D eigenvalue weighted by Crippen LogP contribution is -2.28. The van der Waals surface area contributed by atoms with Crippen molar-refractivity contribution in [3.63, 3.8) is 0 Å². The molecule has 0 bridgehead atoms. The maximum absolute atomic E-state index is 12.9. The zero-order valence-corrected chi connectivity index (χ0v) is 20.0. The molecule has 0 atom stereocenters. The first kappa shape index (κ1) is 23.2. The van der Waals surface area contributed by atoms with E-state index >= 15 is 0 Å². The molecule has 5 rings (SSSR count). The van der Waals surface area contributed by atoms with E-state index in [9.17, 15) is 9.59 Å². The number of para-hydroxylation sites is 2. The van der Waals surface area contributed by atoms with Crippen molar-refractivity contribution in [2.45, 2.75) is 26.3 Å². The van der Waals surface area contributed by atoms with Crippen LogP contribution in [0.3, 0.4) is 0 Å². The van der Waals surface area contributed by atoms with Crippen LogP contribution in [0.2, 0.25) is 0 Å². The average Bonchev–Trinajstić information content (AvgIpc) is 3.46. The molecule has 3 aromatic heterocycles. The maximum atomic E-state index is 12.9. The molecule has 0 radical (unpaired) electrons. The number of carbonyl (C=O) groups is 1. The molecule has 1 amide bonds. The van der Waals surface area contributed by atoms with Crippen molar-refractivity contribution in [3.05, 3.63) is 77.5 Å². The van der Waals surface area contributed by atoms with Crippen molar-refractivity contribution < 1.29 is 14.3 Å². The van der Waals surface area contributed by atoms with Gasteiger partial charge in [-0.1, -0.05) is 25.5 Å². The first-order valence-corrected chi connectivity index (χ1v) is 11.7. The van der Waals surface area contributed by atoms with Crippen LogP contribution in [0.1, 0.15) is 19.8 Å². The lowest BCUT2D eigenvalue weighted by atomic mass is 10.1. The lowest BCUT2D eigenvalue weighted by Gasteiger charge is -2.09. The summed E-state index contributed by atoms with van der Waals surface area (Å²) in [5.74, 6) is 0.953. The number of carbonyl (C=O) groups excluding carboxylic acids is 1. The van der Waals surface area contributed by atoms with Gasteiger partial charge in [-0.2, -0.15) is 5.10 Å². The number of hydrogen-bond acceptors (Lipinski definition) is 6. The fourth-order valence-electron chi connectivity index (χ4n) is 3.91. The third-order valence-electron chi connectivity index (χ3n) is 5.78. The predicted molar refractivity (Wildman–Crippen MR) is 136 cm³/mol. The third-order valence-corrected chi connectivity index (χ3v) is 5.78. The summed E-state index contributed by atoms with van der Waals surface area (Å²) in [6.07, 6.45) is 5.38. The van der Waals surface area contributed by atoms with E-state index in [0.717, 1.165) is 34.5 Å². The molecule has 2 aromatic carbocycles. The molecule has 36 heavy (non-hydrogen) atoms. The number of ether oxygens (including phenoxy) is 2. The van der Waals surface area contributed by atoms with E-state index in [1.54, 1.807) is 35.1 Å². The highest BCUT2D eigenvalue weighted by Gasteiger charge is 2.16. The Kier molecular flexibility index (Phi) is 6.40. The van der Waals surface area contributed by atoms with Crippen LogP contribution in [0.15, 0.2) is 71.8 Å². The maximum Gasteiger partial charge on any atom is 0.350 e. The summed E-state index contributed by atoms with van der Waals surface area (Å²) < 4.78 is 15.2. The van der Waals surface area contributed by atoms with Crippen LogP contribution in [0.25, 0.3) is 22.4 Å². The Hall–Kier alpha value is -4.60. The number of aromatic nitrogens is 5. The van der Waals surface area contributed by atoms with E-state index < -0.39 is 11.6 Å². The van der Waals surface area contributed by atoms with Crippen molar-refractivity contribution in [2.75, 3.05) is 19.0 Å². The van der Waals surface area contributed by atoms with Gasteiger partial charge in [-0.3, -0.25) is 4.79 Å². The molecule has 0 aliphatic heterocycles. The van der Waals surface area contributed by atoms with Crippen LogP contribution in [-0.2, 0) is 11.3 Å². The summed E-state index contributed by atoms with van der Waals surface area (Å²) in [5, 5.41) is 11.8. The molecule has 0 spiro atoms. The SMILES string of the molecule is CCCCOc1ccc(-c2cc3c4nn(CC(=O)Nc5ccccc5OC)c(=O)n4ccn3n2)cc1. The van der Waals surface area contributed by atoms with Gasteiger partial charge in [-0.15, -0.1) is 5.10 Å². The highest BCUT2D eigenvalue weighted by Crippen LogP contribution is 2.24. The van der Waals surface area contributed by atoms with Crippen LogP contribution < -0.4 is 20.5 Å². The topological polar surface area (TPSA) is 104 Å². The number of anilines is 1. The first-order chi connectivity index (χ1) is 17.6. The van der Waals surface area contributed by atoms with E-state index in [1.807, 2.05) is 36.4 Å². The summed E-state index contributed by atoms with van der Waals surface area (Å²) in [6, 6.07) is 16.7. The second-order valence-corrected chi connectivity index (χ2v) is 8.27. The molecular formula is C26H26N6O4. The summed E-state index contributed by atoms with van der Waals surface area (Å²) >= 11 is 0. The van der Waals surface area contributed by atoms with E-state index in [1.165, 1.54) is 11.5 Å². The lowest BCUT2D eigenvalue weighted by molar-refractivity contribution is -0.117. The summed E-state index contributed by atoms with van der Waals surface area (Å²) in [4.78, 5) is 25.6. The molecule has 1 N–H and O–H groups in total. The fourth-order valence-corrected chi connectivity index (χ4v) is 3.91. The van der Waals surface area contributed by atoms with E-state index in [4.69, 9.17) is 9.47 Å². The van der Waals surface area contributed by atoms with Gasteiger partial charge in [0.2, 0.25) is 5.91 Å². The number of nitrogens with zero attached hydrogens (tertiary/aromatic N) is 5.